The number of aromatic nitrogens is 1. The van der Waals surface area contributed by atoms with E-state index >= 15 is 0 Å². The summed E-state index contributed by atoms with van der Waals surface area (Å²) in [5.74, 6) is 0.421. The standard InChI is InChI=1S/C17H21IN2/c1-3-10-20-17(15-4-6-16(18)7-5-15)13(2)14-8-11-19-12-9-14/h4-9,11-13,17,20H,3,10H2,1-2H3. The number of nitrogens with zero attached hydrogens (tertiary/aromatic N) is 1. The number of benzene rings is 1. The summed E-state index contributed by atoms with van der Waals surface area (Å²) in [6, 6.07) is 13.4. The minimum absolute atomic E-state index is 0.342. The van der Waals surface area contributed by atoms with Gasteiger partial charge in [0.05, 0.1) is 0 Å². The predicted octanol–water partition coefficient (Wildman–Crippen LogP) is 4.53. The van der Waals surface area contributed by atoms with Crippen molar-refractivity contribution < 1.29 is 0 Å². The van der Waals surface area contributed by atoms with E-state index in [4.69, 9.17) is 0 Å². The summed E-state index contributed by atoms with van der Waals surface area (Å²) in [5.41, 5.74) is 2.68. The summed E-state index contributed by atoms with van der Waals surface area (Å²) in [6.45, 7) is 5.52. The molecular formula is C17H21IN2. The van der Waals surface area contributed by atoms with E-state index in [9.17, 15) is 0 Å². The SMILES string of the molecule is CCCNC(c1ccc(I)cc1)C(C)c1ccncc1. The molecular weight excluding hydrogens is 359 g/mol. The monoisotopic (exact) mass is 380 g/mol. The molecule has 106 valence electrons. The lowest BCUT2D eigenvalue weighted by Crippen LogP contribution is -2.26. The zero-order valence-electron chi connectivity index (χ0n) is 12.0. The van der Waals surface area contributed by atoms with E-state index in [1.165, 1.54) is 14.7 Å². The molecule has 3 heteroatoms. The molecule has 0 spiro atoms. The minimum Gasteiger partial charge on any atom is -0.309 e. The van der Waals surface area contributed by atoms with Crippen LogP contribution in [0.2, 0.25) is 0 Å². The summed E-state index contributed by atoms with van der Waals surface area (Å²) in [4.78, 5) is 4.11. The Hall–Kier alpha value is -0.940. The largest absolute Gasteiger partial charge is 0.309 e. The van der Waals surface area contributed by atoms with Crippen LogP contribution >= 0.6 is 22.6 Å². The number of nitrogens with one attached hydrogen (secondary N) is 1. The maximum atomic E-state index is 4.11. The lowest BCUT2D eigenvalue weighted by Gasteiger charge is -2.26. The molecule has 0 saturated carbocycles. The minimum atomic E-state index is 0.342. The van der Waals surface area contributed by atoms with Crippen molar-refractivity contribution >= 4 is 22.6 Å². The highest BCUT2D eigenvalue weighted by Gasteiger charge is 2.20. The molecule has 0 saturated heterocycles. The Morgan fingerprint density at radius 3 is 2.30 bits per heavy atom. The van der Waals surface area contributed by atoms with Crippen molar-refractivity contribution in [1.29, 1.82) is 0 Å². The first-order valence-corrected chi connectivity index (χ1v) is 8.19. The Labute approximate surface area is 135 Å². The van der Waals surface area contributed by atoms with Crippen molar-refractivity contribution in [3.63, 3.8) is 0 Å². The van der Waals surface area contributed by atoms with E-state index in [1.807, 2.05) is 12.4 Å². The molecule has 1 N–H and O–H groups in total. The van der Waals surface area contributed by atoms with Crippen LogP contribution in [0.15, 0.2) is 48.8 Å². The Morgan fingerprint density at radius 1 is 1.05 bits per heavy atom. The van der Waals surface area contributed by atoms with Gasteiger partial charge in [-0.3, -0.25) is 4.98 Å². The fourth-order valence-electron chi connectivity index (χ4n) is 2.41. The summed E-state index contributed by atoms with van der Waals surface area (Å²) >= 11 is 2.35. The van der Waals surface area contributed by atoms with E-state index in [1.54, 1.807) is 0 Å². The average Bonchev–Trinajstić information content (AvgIpc) is 2.50. The van der Waals surface area contributed by atoms with Gasteiger partial charge in [0, 0.05) is 27.9 Å². The van der Waals surface area contributed by atoms with E-state index in [2.05, 4.69) is 83.1 Å². The second kappa shape index (κ2) is 7.74. The molecule has 0 aliphatic rings. The first-order valence-electron chi connectivity index (χ1n) is 7.11. The Balaban J connectivity index is 2.25. The molecule has 0 bridgehead atoms. The molecule has 2 rings (SSSR count). The maximum absolute atomic E-state index is 4.11. The van der Waals surface area contributed by atoms with Gasteiger partial charge in [-0.25, -0.2) is 0 Å². The van der Waals surface area contributed by atoms with E-state index in [-0.39, 0.29) is 0 Å². The second-order valence-corrected chi connectivity index (χ2v) is 6.30. The normalized spacial score (nSPS) is 13.9. The van der Waals surface area contributed by atoms with Crippen molar-refractivity contribution in [3.05, 3.63) is 63.5 Å². The molecule has 1 aromatic heterocycles. The van der Waals surface area contributed by atoms with E-state index < -0.39 is 0 Å². The molecule has 0 amide bonds. The van der Waals surface area contributed by atoms with Gasteiger partial charge < -0.3 is 5.32 Å². The van der Waals surface area contributed by atoms with E-state index in [0.29, 0.717) is 12.0 Å². The van der Waals surface area contributed by atoms with Crippen LogP contribution in [0.1, 0.15) is 43.4 Å². The van der Waals surface area contributed by atoms with Crippen LogP contribution in [0.5, 0.6) is 0 Å². The highest BCUT2D eigenvalue weighted by Crippen LogP contribution is 2.30. The van der Waals surface area contributed by atoms with Crippen molar-refractivity contribution in [2.75, 3.05) is 6.54 Å². The molecule has 0 radical (unpaired) electrons. The van der Waals surface area contributed by atoms with Crippen LogP contribution < -0.4 is 5.32 Å². The third-order valence-electron chi connectivity index (χ3n) is 3.58. The average molecular weight is 380 g/mol. The third kappa shape index (κ3) is 4.03. The summed E-state index contributed by atoms with van der Waals surface area (Å²) < 4.78 is 1.28. The smallest absolute Gasteiger partial charge is 0.0386 e. The maximum Gasteiger partial charge on any atom is 0.0386 e. The first kappa shape index (κ1) is 15.4. The second-order valence-electron chi connectivity index (χ2n) is 5.05. The Bertz CT molecular complexity index is 510. The fourth-order valence-corrected chi connectivity index (χ4v) is 2.77. The van der Waals surface area contributed by atoms with Crippen molar-refractivity contribution in [1.82, 2.24) is 10.3 Å². The molecule has 0 aliphatic carbocycles. The van der Waals surface area contributed by atoms with E-state index in [0.717, 1.165) is 13.0 Å². The van der Waals surface area contributed by atoms with Crippen LogP contribution in [0.25, 0.3) is 0 Å². The number of hydrogen-bond donors (Lipinski definition) is 1. The lowest BCUT2D eigenvalue weighted by molar-refractivity contribution is 0.466. The molecule has 0 aliphatic heterocycles. The van der Waals surface area contributed by atoms with Gasteiger partial charge in [0.15, 0.2) is 0 Å². The van der Waals surface area contributed by atoms with Gasteiger partial charge in [-0.15, -0.1) is 0 Å². The van der Waals surface area contributed by atoms with Gasteiger partial charge in [-0.1, -0.05) is 26.0 Å². The summed E-state index contributed by atoms with van der Waals surface area (Å²) in [5, 5.41) is 3.68. The summed E-state index contributed by atoms with van der Waals surface area (Å²) in [7, 11) is 0. The van der Waals surface area contributed by atoms with Crippen LogP contribution in [-0.2, 0) is 0 Å². The zero-order chi connectivity index (χ0) is 14.4. The van der Waals surface area contributed by atoms with Crippen LogP contribution in [-0.4, -0.2) is 11.5 Å². The number of hydrogen-bond acceptors (Lipinski definition) is 2. The van der Waals surface area contributed by atoms with Crippen LogP contribution in [0.4, 0.5) is 0 Å². The van der Waals surface area contributed by atoms with Crippen LogP contribution in [0, 0.1) is 3.57 Å². The van der Waals surface area contributed by atoms with Crippen molar-refractivity contribution in [2.45, 2.75) is 32.2 Å². The molecule has 2 aromatic rings. The van der Waals surface area contributed by atoms with Gasteiger partial charge in [-0.05, 0) is 70.9 Å². The molecule has 2 unspecified atom stereocenters. The number of pyridine rings is 1. The Kier molecular flexibility index (Phi) is 5.98. The quantitative estimate of drug-likeness (QED) is 0.745. The molecule has 2 atom stereocenters. The lowest BCUT2D eigenvalue weighted by atomic mass is 9.89. The number of rotatable bonds is 6. The fraction of sp³-hybridized carbons (Fsp3) is 0.353. The summed E-state index contributed by atoms with van der Waals surface area (Å²) in [6.07, 6.45) is 4.89. The molecule has 1 heterocycles. The number of halogens is 1. The third-order valence-corrected chi connectivity index (χ3v) is 4.29. The molecule has 20 heavy (non-hydrogen) atoms. The van der Waals surface area contributed by atoms with Gasteiger partial charge in [-0.2, -0.15) is 0 Å². The first-order chi connectivity index (χ1) is 9.72. The Morgan fingerprint density at radius 2 is 1.70 bits per heavy atom. The van der Waals surface area contributed by atoms with Gasteiger partial charge >= 0.3 is 0 Å². The molecule has 0 fully saturated rings. The highest BCUT2D eigenvalue weighted by atomic mass is 127. The van der Waals surface area contributed by atoms with Gasteiger partial charge in [0.25, 0.3) is 0 Å². The highest BCUT2D eigenvalue weighted by molar-refractivity contribution is 14.1. The molecule has 2 nitrogen and oxygen atoms in total. The zero-order valence-corrected chi connectivity index (χ0v) is 14.2. The predicted molar refractivity (Wildman–Crippen MR) is 92.8 cm³/mol. The van der Waals surface area contributed by atoms with Gasteiger partial charge in [0.2, 0.25) is 0 Å². The topological polar surface area (TPSA) is 24.9 Å². The van der Waals surface area contributed by atoms with Crippen molar-refractivity contribution in [3.8, 4) is 0 Å². The van der Waals surface area contributed by atoms with Gasteiger partial charge in [0.1, 0.15) is 0 Å². The molecule has 1 aromatic carbocycles. The van der Waals surface area contributed by atoms with Crippen LogP contribution in [0.3, 0.4) is 0 Å². The van der Waals surface area contributed by atoms with Crippen molar-refractivity contribution in [2.24, 2.45) is 0 Å².